The van der Waals surface area contributed by atoms with Crippen LogP contribution >= 0.6 is 24.4 Å². The molecule has 4 nitrogen and oxygen atoms in total. The normalized spacial score (nSPS) is 12.9. The van der Waals surface area contributed by atoms with Gasteiger partial charge in [-0.3, -0.25) is 4.79 Å². The molecule has 1 atom stereocenters. The Balaban J connectivity index is 4.54. The van der Waals surface area contributed by atoms with Crippen LogP contribution in [0.1, 0.15) is 40.5 Å². The summed E-state index contributed by atoms with van der Waals surface area (Å²) in [5.74, 6) is 1.36. The Morgan fingerprint density at radius 1 is 1.37 bits per heavy atom. The summed E-state index contributed by atoms with van der Waals surface area (Å²) in [6, 6.07) is -0.00380. The number of carbonyl (C=O) groups excluding carboxylic acids is 2. The maximum atomic E-state index is 12.0. The minimum Gasteiger partial charge on any atom is -0.444 e. The number of amides is 1. The first-order chi connectivity index (χ1) is 8.67. The number of hydrogen-bond donors (Lipinski definition) is 1. The highest BCUT2D eigenvalue weighted by Gasteiger charge is 2.25. The quantitative estimate of drug-likeness (QED) is 0.765. The van der Waals surface area contributed by atoms with Crippen LogP contribution in [0, 0.1) is 0 Å². The lowest BCUT2D eigenvalue weighted by Crippen LogP contribution is -2.42. The van der Waals surface area contributed by atoms with Gasteiger partial charge in [0.25, 0.3) is 0 Å². The number of thiol groups is 1. The van der Waals surface area contributed by atoms with Crippen molar-refractivity contribution in [1.82, 2.24) is 4.90 Å². The van der Waals surface area contributed by atoms with Crippen LogP contribution < -0.4 is 0 Å². The van der Waals surface area contributed by atoms with E-state index in [1.165, 1.54) is 18.7 Å². The maximum Gasteiger partial charge on any atom is 0.410 e. The molecule has 0 saturated carbocycles. The van der Waals surface area contributed by atoms with Crippen LogP contribution in [0.15, 0.2) is 0 Å². The van der Waals surface area contributed by atoms with Crippen molar-refractivity contribution in [2.45, 2.75) is 52.2 Å². The fourth-order valence-electron chi connectivity index (χ4n) is 1.41. The molecule has 0 saturated heterocycles. The van der Waals surface area contributed by atoms with Crippen molar-refractivity contribution in [1.29, 1.82) is 0 Å². The highest BCUT2D eigenvalue weighted by atomic mass is 32.2. The molecule has 0 aliphatic rings. The van der Waals surface area contributed by atoms with Gasteiger partial charge in [-0.05, 0) is 39.4 Å². The van der Waals surface area contributed by atoms with Crippen molar-refractivity contribution in [3.05, 3.63) is 0 Å². The SMILES string of the molecule is CC(=O)SC[C@H](CCCS)N(C)C(=O)OC(C)(C)C. The minimum absolute atomic E-state index is 0.00380. The standard InChI is InChI=1S/C13H25NO3S2/c1-10(15)19-9-11(7-6-8-18)14(5)12(16)17-13(2,3)4/h11,18H,6-9H2,1-5H3/t11-/m0/s1. The lowest BCUT2D eigenvalue weighted by molar-refractivity contribution is -0.109. The van der Waals surface area contributed by atoms with E-state index in [0.717, 1.165) is 18.6 Å². The average molecular weight is 307 g/mol. The molecular formula is C13H25NO3S2. The lowest BCUT2D eigenvalue weighted by atomic mass is 10.2. The van der Waals surface area contributed by atoms with Crippen LogP contribution in [-0.4, -0.2) is 46.3 Å². The van der Waals surface area contributed by atoms with Crippen LogP contribution in [0.5, 0.6) is 0 Å². The topological polar surface area (TPSA) is 46.6 Å². The highest BCUT2D eigenvalue weighted by Crippen LogP contribution is 2.17. The Labute approximate surface area is 126 Å². The van der Waals surface area contributed by atoms with E-state index in [1.54, 1.807) is 11.9 Å². The van der Waals surface area contributed by atoms with Gasteiger partial charge in [0.1, 0.15) is 5.60 Å². The van der Waals surface area contributed by atoms with E-state index < -0.39 is 5.60 Å². The fourth-order valence-corrected chi connectivity index (χ4v) is 2.41. The van der Waals surface area contributed by atoms with Gasteiger partial charge in [-0.2, -0.15) is 12.6 Å². The monoisotopic (exact) mass is 307 g/mol. The average Bonchev–Trinajstić information content (AvgIpc) is 2.25. The second-order valence-corrected chi connectivity index (χ2v) is 7.06. The zero-order chi connectivity index (χ0) is 15.1. The maximum absolute atomic E-state index is 12.0. The number of ether oxygens (including phenoxy) is 1. The van der Waals surface area contributed by atoms with Gasteiger partial charge in [0.05, 0.1) is 0 Å². The number of nitrogens with zero attached hydrogens (tertiary/aromatic N) is 1. The summed E-state index contributed by atoms with van der Waals surface area (Å²) in [6.07, 6.45) is 1.37. The molecule has 112 valence electrons. The highest BCUT2D eigenvalue weighted by molar-refractivity contribution is 8.13. The van der Waals surface area contributed by atoms with Crippen molar-refractivity contribution in [2.24, 2.45) is 0 Å². The molecule has 0 N–H and O–H groups in total. The van der Waals surface area contributed by atoms with Gasteiger partial charge in [0.15, 0.2) is 5.12 Å². The third kappa shape index (κ3) is 9.21. The molecule has 0 rings (SSSR count). The van der Waals surface area contributed by atoms with Gasteiger partial charge in [-0.1, -0.05) is 11.8 Å². The van der Waals surface area contributed by atoms with E-state index in [4.69, 9.17) is 4.74 Å². The Morgan fingerprint density at radius 2 is 1.95 bits per heavy atom. The van der Waals surface area contributed by atoms with Gasteiger partial charge in [-0.25, -0.2) is 4.79 Å². The third-order valence-electron chi connectivity index (χ3n) is 2.40. The summed E-state index contributed by atoms with van der Waals surface area (Å²) in [5, 5.41) is 0.0634. The largest absolute Gasteiger partial charge is 0.444 e. The van der Waals surface area contributed by atoms with Crippen molar-refractivity contribution in [2.75, 3.05) is 18.6 Å². The molecule has 0 heterocycles. The van der Waals surface area contributed by atoms with Gasteiger partial charge in [0, 0.05) is 25.8 Å². The number of rotatable bonds is 6. The Bertz CT molecular complexity index is 303. The van der Waals surface area contributed by atoms with Crippen molar-refractivity contribution >= 4 is 35.6 Å². The molecule has 19 heavy (non-hydrogen) atoms. The molecule has 0 spiro atoms. The Morgan fingerprint density at radius 3 is 2.37 bits per heavy atom. The van der Waals surface area contributed by atoms with E-state index in [-0.39, 0.29) is 17.3 Å². The predicted octanol–water partition coefficient (Wildman–Crippen LogP) is 3.21. The van der Waals surface area contributed by atoms with Crippen molar-refractivity contribution in [3.8, 4) is 0 Å². The van der Waals surface area contributed by atoms with Crippen molar-refractivity contribution < 1.29 is 14.3 Å². The second kappa shape index (κ2) is 8.74. The van der Waals surface area contributed by atoms with E-state index >= 15 is 0 Å². The zero-order valence-corrected chi connectivity index (χ0v) is 14.1. The van der Waals surface area contributed by atoms with E-state index in [0.29, 0.717) is 5.75 Å². The molecule has 0 aromatic carbocycles. The predicted molar refractivity (Wildman–Crippen MR) is 84.0 cm³/mol. The summed E-state index contributed by atoms with van der Waals surface area (Å²) in [6.45, 7) is 7.05. The van der Waals surface area contributed by atoms with Gasteiger partial charge >= 0.3 is 6.09 Å². The van der Waals surface area contributed by atoms with Gasteiger partial charge in [0.2, 0.25) is 0 Å². The second-order valence-electron chi connectivity index (χ2n) is 5.41. The van der Waals surface area contributed by atoms with Crippen LogP contribution in [0.25, 0.3) is 0 Å². The Kier molecular flexibility index (Phi) is 8.57. The molecule has 0 aromatic heterocycles. The molecule has 0 aliphatic heterocycles. The molecule has 0 unspecified atom stereocenters. The van der Waals surface area contributed by atoms with E-state index in [1.807, 2.05) is 20.8 Å². The smallest absolute Gasteiger partial charge is 0.410 e. The fraction of sp³-hybridized carbons (Fsp3) is 0.846. The third-order valence-corrected chi connectivity index (χ3v) is 3.68. The summed E-state index contributed by atoms with van der Waals surface area (Å²) in [5.41, 5.74) is -0.507. The van der Waals surface area contributed by atoms with Gasteiger partial charge < -0.3 is 9.64 Å². The summed E-state index contributed by atoms with van der Waals surface area (Å²) in [4.78, 5) is 24.6. The molecular weight excluding hydrogens is 282 g/mol. The lowest BCUT2D eigenvalue weighted by Gasteiger charge is -2.30. The molecule has 0 bridgehead atoms. The molecule has 0 radical (unpaired) electrons. The zero-order valence-electron chi connectivity index (χ0n) is 12.4. The molecule has 1 amide bonds. The van der Waals surface area contributed by atoms with E-state index in [2.05, 4.69) is 12.6 Å². The van der Waals surface area contributed by atoms with Crippen LogP contribution in [0.3, 0.4) is 0 Å². The number of hydrogen-bond acceptors (Lipinski definition) is 5. The van der Waals surface area contributed by atoms with E-state index in [9.17, 15) is 9.59 Å². The minimum atomic E-state index is -0.507. The molecule has 6 heteroatoms. The first kappa shape index (κ1) is 18.6. The number of thioether (sulfide) groups is 1. The first-order valence-corrected chi connectivity index (χ1v) is 7.99. The Hall–Kier alpha value is -0.360. The number of carbonyl (C=O) groups is 2. The van der Waals surface area contributed by atoms with Crippen LogP contribution in [0.4, 0.5) is 4.79 Å². The summed E-state index contributed by atoms with van der Waals surface area (Å²) >= 11 is 5.42. The molecule has 0 aromatic rings. The molecule has 0 fully saturated rings. The van der Waals surface area contributed by atoms with Crippen LogP contribution in [-0.2, 0) is 9.53 Å². The first-order valence-electron chi connectivity index (χ1n) is 6.37. The van der Waals surface area contributed by atoms with Crippen LogP contribution in [0.2, 0.25) is 0 Å². The summed E-state index contributed by atoms with van der Waals surface area (Å²) < 4.78 is 5.34. The molecule has 0 aliphatic carbocycles. The van der Waals surface area contributed by atoms with Crippen molar-refractivity contribution in [3.63, 3.8) is 0 Å². The van der Waals surface area contributed by atoms with Gasteiger partial charge in [-0.15, -0.1) is 0 Å². The summed E-state index contributed by atoms with van der Waals surface area (Å²) in [7, 11) is 1.72.